The highest BCUT2D eigenvalue weighted by Crippen LogP contribution is 2.24. The second-order valence-corrected chi connectivity index (χ2v) is 4.86. The molecule has 0 aromatic heterocycles. The first-order chi connectivity index (χ1) is 8.81. The van der Waals surface area contributed by atoms with E-state index >= 15 is 0 Å². The summed E-state index contributed by atoms with van der Waals surface area (Å²) in [4.78, 5) is 12.8. The monoisotopic (exact) mass is 269 g/mol. The van der Waals surface area contributed by atoms with E-state index in [4.69, 9.17) is 10.8 Å². The Kier molecular flexibility index (Phi) is 5.11. The minimum Gasteiger partial charge on any atom is -0.478 e. The van der Waals surface area contributed by atoms with Crippen LogP contribution < -0.4 is 11.1 Å². The van der Waals surface area contributed by atoms with E-state index in [1.165, 1.54) is 0 Å². The van der Waals surface area contributed by atoms with Crippen LogP contribution >= 0.6 is 0 Å². The zero-order chi connectivity index (χ0) is 14.6. The van der Waals surface area contributed by atoms with E-state index in [9.17, 15) is 9.18 Å². The Morgan fingerprint density at radius 3 is 2.68 bits per heavy atom. The van der Waals surface area contributed by atoms with Crippen LogP contribution in [0.1, 0.15) is 23.7 Å². The summed E-state index contributed by atoms with van der Waals surface area (Å²) >= 11 is 0. The molecule has 0 bridgehead atoms. The molecule has 1 aromatic carbocycles. The minimum absolute atomic E-state index is 0.111. The van der Waals surface area contributed by atoms with Crippen LogP contribution in [-0.4, -0.2) is 42.7 Å². The number of hydrogen-bond donors (Lipinski definition) is 3. The molecular weight excluding hydrogens is 249 g/mol. The van der Waals surface area contributed by atoms with Crippen LogP contribution in [0, 0.1) is 5.82 Å². The number of aromatic carboxylic acids is 1. The quantitative estimate of drug-likeness (QED) is 0.687. The lowest BCUT2D eigenvalue weighted by molar-refractivity contribution is 0.0692. The third kappa shape index (κ3) is 4.40. The van der Waals surface area contributed by atoms with Crippen LogP contribution in [0.15, 0.2) is 12.1 Å². The maximum atomic E-state index is 13.6. The van der Waals surface area contributed by atoms with Crippen LogP contribution in [0.5, 0.6) is 0 Å². The number of anilines is 2. The second kappa shape index (κ2) is 6.38. The highest BCUT2D eigenvalue weighted by molar-refractivity contribution is 5.90. The molecule has 0 fully saturated rings. The number of rotatable bonds is 6. The van der Waals surface area contributed by atoms with Crippen molar-refractivity contribution in [2.24, 2.45) is 0 Å². The number of hydrogen-bond acceptors (Lipinski definition) is 4. The molecule has 1 unspecified atom stereocenters. The van der Waals surface area contributed by atoms with Gasteiger partial charge in [0, 0.05) is 6.04 Å². The van der Waals surface area contributed by atoms with Gasteiger partial charge in [0.05, 0.1) is 16.9 Å². The van der Waals surface area contributed by atoms with Crippen LogP contribution in [-0.2, 0) is 0 Å². The highest BCUT2D eigenvalue weighted by atomic mass is 19.1. The lowest BCUT2D eigenvalue weighted by Gasteiger charge is -2.19. The zero-order valence-electron chi connectivity index (χ0n) is 11.4. The largest absolute Gasteiger partial charge is 0.478 e. The molecule has 0 aliphatic heterocycles. The molecule has 1 rings (SSSR count). The van der Waals surface area contributed by atoms with Crippen LogP contribution in [0.4, 0.5) is 15.8 Å². The topological polar surface area (TPSA) is 78.6 Å². The summed E-state index contributed by atoms with van der Waals surface area (Å²) in [5.74, 6) is -2.11. The Hall–Kier alpha value is -1.82. The second-order valence-electron chi connectivity index (χ2n) is 4.86. The fraction of sp³-hybridized carbons (Fsp3) is 0.462. The third-order valence-electron chi connectivity index (χ3n) is 2.78. The van der Waals surface area contributed by atoms with E-state index in [0.29, 0.717) is 5.69 Å². The van der Waals surface area contributed by atoms with Gasteiger partial charge in [-0.05, 0) is 46.1 Å². The van der Waals surface area contributed by atoms with E-state index in [1.807, 2.05) is 21.0 Å². The van der Waals surface area contributed by atoms with E-state index in [1.54, 1.807) is 0 Å². The van der Waals surface area contributed by atoms with Crippen molar-refractivity contribution in [3.05, 3.63) is 23.5 Å². The standard InChI is InChI=1S/C13H20FN3O2/c1-8(4-5-17(2)3)16-12-7-10(14)9(13(18)19)6-11(12)15/h6-8,16H,4-5,15H2,1-3H3,(H,18,19). The number of nitrogens with one attached hydrogen (secondary N) is 1. The molecule has 0 saturated heterocycles. The first-order valence-corrected chi connectivity index (χ1v) is 6.05. The molecular formula is C13H20FN3O2. The van der Waals surface area contributed by atoms with Crippen molar-refractivity contribution in [3.63, 3.8) is 0 Å². The van der Waals surface area contributed by atoms with Crippen molar-refractivity contribution >= 4 is 17.3 Å². The van der Waals surface area contributed by atoms with Crippen LogP contribution in [0.3, 0.4) is 0 Å². The van der Waals surface area contributed by atoms with Gasteiger partial charge >= 0.3 is 5.97 Å². The summed E-state index contributed by atoms with van der Waals surface area (Å²) < 4.78 is 13.6. The Balaban J connectivity index is 2.79. The molecule has 6 heteroatoms. The van der Waals surface area contributed by atoms with Gasteiger partial charge in [-0.1, -0.05) is 0 Å². The maximum absolute atomic E-state index is 13.6. The normalized spacial score (nSPS) is 12.5. The summed E-state index contributed by atoms with van der Waals surface area (Å²) in [5.41, 5.74) is 5.97. The van der Waals surface area contributed by atoms with Crippen molar-refractivity contribution in [2.75, 3.05) is 31.7 Å². The first-order valence-electron chi connectivity index (χ1n) is 6.05. The van der Waals surface area contributed by atoms with Gasteiger partial charge in [-0.3, -0.25) is 0 Å². The number of halogens is 1. The minimum atomic E-state index is -1.32. The molecule has 5 nitrogen and oxygen atoms in total. The lowest BCUT2D eigenvalue weighted by Crippen LogP contribution is -2.23. The van der Waals surface area contributed by atoms with Gasteiger partial charge in [0.2, 0.25) is 0 Å². The molecule has 0 heterocycles. The first kappa shape index (κ1) is 15.2. The van der Waals surface area contributed by atoms with Crippen molar-refractivity contribution < 1.29 is 14.3 Å². The van der Waals surface area contributed by atoms with Crippen molar-refractivity contribution in [3.8, 4) is 0 Å². The molecule has 19 heavy (non-hydrogen) atoms. The predicted octanol–water partition coefficient (Wildman–Crippen LogP) is 1.86. The zero-order valence-corrected chi connectivity index (χ0v) is 11.4. The smallest absolute Gasteiger partial charge is 0.338 e. The Morgan fingerprint density at radius 1 is 1.53 bits per heavy atom. The van der Waals surface area contributed by atoms with E-state index in [0.717, 1.165) is 25.1 Å². The van der Waals surface area contributed by atoms with Crippen molar-refractivity contribution in [2.45, 2.75) is 19.4 Å². The maximum Gasteiger partial charge on any atom is 0.338 e. The van der Waals surface area contributed by atoms with Gasteiger partial charge in [-0.15, -0.1) is 0 Å². The summed E-state index contributed by atoms with van der Waals surface area (Å²) in [6, 6.07) is 2.38. The number of nitrogens with two attached hydrogens (primary N) is 1. The van der Waals surface area contributed by atoms with Crippen molar-refractivity contribution in [1.29, 1.82) is 0 Å². The average Bonchev–Trinajstić information content (AvgIpc) is 2.30. The molecule has 0 amide bonds. The van der Waals surface area contributed by atoms with Gasteiger partial charge in [0.15, 0.2) is 0 Å². The molecule has 0 aliphatic rings. The van der Waals surface area contributed by atoms with Crippen LogP contribution in [0.25, 0.3) is 0 Å². The molecule has 0 radical (unpaired) electrons. The Bertz CT molecular complexity index is 463. The number of carboxylic acids is 1. The number of carboxylic acid groups (broad SMARTS) is 1. The number of nitrogens with zero attached hydrogens (tertiary/aromatic N) is 1. The summed E-state index contributed by atoms with van der Waals surface area (Å²) in [7, 11) is 3.95. The van der Waals surface area contributed by atoms with Gasteiger partial charge in [0.25, 0.3) is 0 Å². The molecule has 0 spiro atoms. The third-order valence-corrected chi connectivity index (χ3v) is 2.78. The van der Waals surface area contributed by atoms with E-state index in [-0.39, 0.29) is 11.7 Å². The summed E-state index contributed by atoms with van der Waals surface area (Å²) in [6.45, 7) is 2.86. The lowest BCUT2D eigenvalue weighted by atomic mass is 10.1. The predicted molar refractivity (Wildman–Crippen MR) is 74.0 cm³/mol. The summed E-state index contributed by atoms with van der Waals surface area (Å²) in [5, 5.41) is 11.9. The van der Waals surface area contributed by atoms with Gasteiger partial charge in [0.1, 0.15) is 5.82 Å². The Morgan fingerprint density at radius 2 is 2.16 bits per heavy atom. The number of nitrogen functional groups attached to an aromatic ring is 1. The molecule has 0 aliphatic carbocycles. The fourth-order valence-corrected chi connectivity index (χ4v) is 1.67. The van der Waals surface area contributed by atoms with Gasteiger partial charge < -0.3 is 21.1 Å². The molecule has 0 saturated carbocycles. The fourth-order valence-electron chi connectivity index (χ4n) is 1.67. The van der Waals surface area contributed by atoms with Crippen LogP contribution in [0.2, 0.25) is 0 Å². The highest BCUT2D eigenvalue weighted by Gasteiger charge is 2.14. The van der Waals surface area contributed by atoms with Gasteiger partial charge in [-0.25, -0.2) is 9.18 Å². The Labute approximate surface area is 112 Å². The summed E-state index contributed by atoms with van der Waals surface area (Å²) in [6.07, 6.45) is 0.870. The van der Waals surface area contributed by atoms with Crippen molar-refractivity contribution in [1.82, 2.24) is 4.90 Å². The molecule has 1 atom stereocenters. The average molecular weight is 269 g/mol. The van der Waals surface area contributed by atoms with Gasteiger partial charge in [-0.2, -0.15) is 0 Å². The molecule has 1 aromatic rings. The molecule has 4 N–H and O–H groups in total. The van der Waals surface area contributed by atoms with E-state index in [2.05, 4.69) is 10.2 Å². The number of benzene rings is 1. The number of carbonyl (C=O) groups is 1. The van der Waals surface area contributed by atoms with E-state index < -0.39 is 17.3 Å². The SMILES string of the molecule is CC(CCN(C)C)Nc1cc(F)c(C(=O)O)cc1N. The molecule has 106 valence electrons.